The van der Waals surface area contributed by atoms with Crippen molar-refractivity contribution in [2.24, 2.45) is 5.92 Å². The average Bonchev–Trinajstić information content (AvgIpc) is 2.47. The van der Waals surface area contributed by atoms with E-state index in [9.17, 15) is 4.21 Å². The summed E-state index contributed by atoms with van der Waals surface area (Å²) in [6.07, 6.45) is 4.85. The zero-order chi connectivity index (χ0) is 8.97. The highest BCUT2D eigenvalue weighted by atomic mass is 32.2. The van der Waals surface area contributed by atoms with Crippen LogP contribution < -0.4 is 0 Å². The van der Waals surface area contributed by atoms with Crippen molar-refractivity contribution in [2.45, 2.75) is 26.4 Å². The summed E-state index contributed by atoms with van der Waals surface area (Å²) in [5.41, 5.74) is 0. The Morgan fingerprint density at radius 3 is 2.92 bits per heavy atom. The van der Waals surface area contributed by atoms with Crippen LogP contribution in [0, 0.1) is 5.92 Å². The van der Waals surface area contributed by atoms with Gasteiger partial charge >= 0.3 is 0 Å². The number of allylic oxidation sites excluding steroid dienone is 1. The van der Waals surface area contributed by atoms with Gasteiger partial charge in [-0.3, -0.25) is 4.21 Å². The van der Waals surface area contributed by atoms with Crippen LogP contribution in [0.3, 0.4) is 0 Å². The number of hydrogen-bond acceptors (Lipinski definition) is 2. The lowest BCUT2D eigenvalue weighted by Crippen LogP contribution is -2.18. The molecule has 3 atom stereocenters. The first-order chi connectivity index (χ1) is 5.74. The molecule has 1 aliphatic heterocycles. The van der Waals surface area contributed by atoms with Crippen molar-refractivity contribution in [2.75, 3.05) is 11.5 Å². The molecule has 0 bridgehead atoms. The summed E-state index contributed by atoms with van der Waals surface area (Å²) in [5, 5.41) is 0. The largest absolute Gasteiger partial charge is 0.498 e. The molecule has 1 rings (SSSR count). The molecule has 1 saturated heterocycles. The molecular formula is C9H16O2S. The molecule has 0 radical (unpaired) electrons. The molecule has 2 nitrogen and oxygen atoms in total. The summed E-state index contributed by atoms with van der Waals surface area (Å²) in [5.74, 6) is 2.16. The summed E-state index contributed by atoms with van der Waals surface area (Å²) >= 11 is 0. The number of ether oxygens (including phenoxy) is 1. The van der Waals surface area contributed by atoms with Gasteiger partial charge in [0.15, 0.2) is 0 Å². The fourth-order valence-electron chi connectivity index (χ4n) is 1.37. The average molecular weight is 188 g/mol. The maximum Gasteiger partial charge on any atom is 0.0987 e. The third-order valence-corrected chi connectivity index (χ3v) is 3.70. The molecule has 0 aliphatic carbocycles. The number of rotatable bonds is 3. The van der Waals surface area contributed by atoms with E-state index in [0.717, 1.165) is 17.9 Å². The standard InChI is InChI=1S/C9H16O2S/c1-3-5-11-8(2)9-4-6-12(10)7-9/h3,5,8-9H,4,6-7H2,1-2H3/b5-3+. The van der Waals surface area contributed by atoms with E-state index in [1.54, 1.807) is 6.26 Å². The molecular weight excluding hydrogens is 172 g/mol. The van der Waals surface area contributed by atoms with Crippen molar-refractivity contribution in [3.63, 3.8) is 0 Å². The highest BCUT2D eigenvalue weighted by Gasteiger charge is 2.26. The van der Waals surface area contributed by atoms with Gasteiger partial charge in [0.05, 0.1) is 12.4 Å². The van der Waals surface area contributed by atoms with E-state index < -0.39 is 10.8 Å². The van der Waals surface area contributed by atoms with Gasteiger partial charge in [0.2, 0.25) is 0 Å². The summed E-state index contributed by atoms with van der Waals surface area (Å²) in [7, 11) is -0.583. The van der Waals surface area contributed by atoms with Gasteiger partial charge < -0.3 is 4.74 Å². The Kier molecular flexibility index (Phi) is 3.79. The smallest absolute Gasteiger partial charge is 0.0987 e. The van der Waals surface area contributed by atoms with Crippen molar-refractivity contribution in [1.82, 2.24) is 0 Å². The van der Waals surface area contributed by atoms with Gasteiger partial charge in [-0.15, -0.1) is 0 Å². The maximum absolute atomic E-state index is 11.1. The van der Waals surface area contributed by atoms with Crippen molar-refractivity contribution in [3.05, 3.63) is 12.3 Å². The van der Waals surface area contributed by atoms with E-state index in [2.05, 4.69) is 0 Å². The first-order valence-corrected chi connectivity index (χ1v) is 5.84. The molecule has 0 spiro atoms. The Balaban J connectivity index is 2.32. The lowest BCUT2D eigenvalue weighted by molar-refractivity contribution is 0.113. The minimum absolute atomic E-state index is 0.215. The minimum Gasteiger partial charge on any atom is -0.498 e. The van der Waals surface area contributed by atoms with Gasteiger partial charge in [0, 0.05) is 28.2 Å². The molecule has 12 heavy (non-hydrogen) atoms. The molecule has 3 unspecified atom stereocenters. The van der Waals surface area contributed by atoms with Gasteiger partial charge in [0.1, 0.15) is 0 Å². The topological polar surface area (TPSA) is 26.3 Å². The molecule has 70 valence electrons. The van der Waals surface area contributed by atoms with Crippen molar-refractivity contribution < 1.29 is 8.95 Å². The van der Waals surface area contributed by atoms with Crippen LogP contribution in [-0.4, -0.2) is 21.8 Å². The van der Waals surface area contributed by atoms with Gasteiger partial charge in [-0.05, 0) is 20.3 Å². The summed E-state index contributed by atoms with van der Waals surface area (Å²) in [4.78, 5) is 0. The molecule has 1 heterocycles. The fraction of sp³-hybridized carbons (Fsp3) is 0.778. The summed E-state index contributed by atoms with van der Waals surface area (Å²) in [6, 6.07) is 0. The van der Waals surface area contributed by atoms with Crippen LogP contribution in [0.25, 0.3) is 0 Å². The van der Waals surface area contributed by atoms with Gasteiger partial charge in [0.25, 0.3) is 0 Å². The van der Waals surface area contributed by atoms with Gasteiger partial charge in [-0.1, -0.05) is 6.08 Å². The second-order valence-electron chi connectivity index (χ2n) is 3.17. The summed E-state index contributed by atoms with van der Waals surface area (Å²) < 4.78 is 16.5. The molecule has 0 N–H and O–H groups in total. The van der Waals surface area contributed by atoms with E-state index in [1.807, 2.05) is 19.9 Å². The minimum atomic E-state index is -0.583. The highest BCUT2D eigenvalue weighted by Crippen LogP contribution is 2.21. The third kappa shape index (κ3) is 2.63. The highest BCUT2D eigenvalue weighted by molar-refractivity contribution is 7.85. The molecule has 0 aromatic carbocycles. The van der Waals surface area contributed by atoms with Crippen LogP contribution in [0.2, 0.25) is 0 Å². The maximum atomic E-state index is 11.1. The quantitative estimate of drug-likeness (QED) is 0.630. The van der Waals surface area contributed by atoms with Crippen LogP contribution in [0.1, 0.15) is 20.3 Å². The van der Waals surface area contributed by atoms with Crippen LogP contribution >= 0.6 is 0 Å². The van der Waals surface area contributed by atoms with Crippen LogP contribution in [0.4, 0.5) is 0 Å². The van der Waals surface area contributed by atoms with Crippen LogP contribution in [0.15, 0.2) is 12.3 Å². The SMILES string of the molecule is C/C=C/OC(C)C1CCS(=O)C1. The normalized spacial score (nSPS) is 32.5. The van der Waals surface area contributed by atoms with Crippen LogP contribution in [0.5, 0.6) is 0 Å². The predicted octanol–water partition coefficient (Wildman–Crippen LogP) is 1.69. The fourth-order valence-corrected chi connectivity index (χ4v) is 3.02. The second kappa shape index (κ2) is 4.65. The van der Waals surface area contributed by atoms with E-state index in [0.29, 0.717) is 5.92 Å². The molecule has 0 aromatic heterocycles. The zero-order valence-corrected chi connectivity index (χ0v) is 8.47. The molecule has 0 aromatic rings. The zero-order valence-electron chi connectivity index (χ0n) is 7.66. The molecule has 3 heteroatoms. The van der Waals surface area contributed by atoms with Gasteiger partial charge in [-0.2, -0.15) is 0 Å². The van der Waals surface area contributed by atoms with Gasteiger partial charge in [-0.25, -0.2) is 0 Å². The van der Waals surface area contributed by atoms with E-state index in [1.165, 1.54) is 0 Å². The summed E-state index contributed by atoms with van der Waals surface area (Å²) in [6.45, 7) is 3.98. The molecule has 1 fully saturated rings. The Morgan fingerprint density at radius 2 is 2.42 bits per heavy atom. The Bertz CT molecular complexity index is 189. The molecule has 0 saturated carbocycles. The second-order valence-corrected chi connectivity index (χ2v) is 4.79. The Labute approximate surface area is 76.5 Å². The molecule has 1 aliphatic rings. The number of hydrogen-bond donors (Lipinski definition) is 0. The van der Waals surface area contributed by atoms with E-state index in [-0.39, 0.29) is 6.10 Å². The molecule has 0 amide bonds. The lowest BCUT2D eigenvalue weighted by Gasteiger charge is -2.16. The Morgan fingerprint density at radius 1 is 1.67 bits per heavy atom. The lowest BCUT2D eigenvalue weighted by atomic mass is 10.0. The third-order valence-electron chi connectivity index (χ3n) is 2.21. The van der Waals surface area contributed by atoms with Crippen molar-refractivity contribution in [1.29, 1.82) is 0 Å². The Hall–Kier alpha value is -0.310. The first-order valence-electron chi connectivity index (χ1n) is 4.35. The van der Waals surface area contributed by atoms with Crippen LogP contribution in [-0.2, 0) is 15.5 Å². The van der Waals surface area contributed by atoms with Crippen molar-refractivity contribution >= 4 is 10.8 Å². The first kappa shape index (κ1) is 9.78. The van der Waals surface area contributed by atoms with E-state index in [4.69, 9.17) is 4.74 Å². The van der Waals surface area contributed by atoms with E-state index >= 15 is 0 Å². The predicted molar refractivity (Wildman–Crippen MR) is 51.3 cm³/mol. The van der Waals surface area contributed by atoms with Crippen molar-refractivity contribution in [3.8, 4) is 0 Å². The monoisotopic (exact) mass is 188 g/mol.